The quantitative estimate of drug-likeness (QED) is 0.818. The molecule has 0 aliphatic carbocycles. The molecule has 1 aromatic heterocycles. The number of hydrogen-bond donors (Lipinski definition) is 1. The first-order chi connectivity index (χ1) is 11.0. The highest BCUT2D eigenvalue weighted by molar-refractivity contribution is 5.76. The van der Waals surface area contributed by atoms with Gasteiger partial charge in [-0.15, -0.1) is 0 Å². The molecule has 0 bridgehead atoms. The van der Waals surface area contributed by atoms with Crippen LogP contribution in [0.15, 0.2) is 6.07 Å². The van der Waals surface area contributed by atoms with Crippen LogP contribution in [0, 0.1) is 19.8 Å². The number of methoxy groups -OCH3 is 1. The predicted molar refractivity (Wildman–Crippen MR) is 91.6 cm³/mol. The van der Waals surface area contributed by atoms with Crippen LogP contribution in [-0.4, -0.2) is 42.5 Å². The second-order valence-electron chi connectivity index (χ2n) is 6.58. The lowest BCUT2D eigenvalue weighted by Crippen LogP contribution is -2.40. The van der Waals surface area contributed by atoms with Gasteiger partial charge in [0.1, 0.15) is 0 Å². The van der Waals surface area contributed by atoms with Crippen LogP contribution in [-0.2, 0) is 11.3 Å². The number of ether oxygens (including phenoxy) is 1. The summed E-state index contributed by atoms with van der Waals surface area (Å²) in [5.74, 6) is 1.56. The molecule has 1 amide bonds. The number of amides is 1. The van der Waals surface area contributed by atoms with E-state index < -0.39 is 0 Å². The summed E-state index contributed by atoms with van der Waals surface area (Å²) in [6, 6.07) is 2.06. The number of nitrogens with one attached hydrogen (secondary N) is 1. The van der Waals surface area contributed by atoms with Crippen LogP contribution in [0.4, 0.5) is 0 Å². The zero-order valence-corrected chi connectivity index (χ0v) is 14.8. The van der Waals surface area contributed by atoms with Gasteiger partial charge in [0.2, 0.25) is 11.8 Å². The van der Waals surface area contributed by atoms with Crippen molar-refractivity contribution in [1.82, 2.24) is 15.2 Å². The van der Waals surface area contributed by atoms with Crippen LogP contribution >= 0.6 is 0 Å². The van der Waals surface area contributed by atoms with Crippen LogP contribution in [0.5, 0.6) is 5.88 Å². The molecule has 0 aromatic carbocycles. The summed E-state index contributed by atoms with van der Waals surface area (Å²) >= 11 is 0. The minimum atomic E-state index is 0.259. The van der Waals surface area contributed by atoms with Crippen molar-refractivity contribution in [3.8, 4) is 5.88 Å². The molecular weight excluding hydrogens is 290 g/mol. The molecule has 5 nitrogen and oxygen atoms in total. The fraction of sp³-hybridized carbons (Fsp3) is 0.667. The van der Waals surface area contributed by atoms with Crippen molar-refractivity contribution < 1.29 is 9.53 Å². The summed E-state index contributed by atoms with van der Waals surface area (Å²) in [5.41, 5.74) is 3.19. The Hall–Kier alpha value is -1.62. The van der Waals surface area contributed by atoms with E-state index in [2.05, 4.69) is 30.2 Å². The summed E-state index contributed by atoms with van der Waals surface area (Å²) in [6.07, 6.45) is 2.92. The maximum Gasteiger partial charge on any atom is 0.223 e. The van der Waals surface area contributed by atoms with Gasteiger partial charge in [0.05, 0.1) is 7.11 Å². The third-order valence-electron chi connectivity index (χ3n) is 4.46. The van der Waals surface area contributed by atoms with Crippen molar-refractivity contribution in [3.63, 3.8) is 0 Å². The molecule has 1 fully saturated rings. The van der Waals surface area contributed by atoms with E-state index in [-0.39, 0.29) is 5.91 Å². The van der Waals surface area contributed by atoms with Crippen LogP contribution in [0.1, 0.15) is 43.0 Å². The van der Waals surface area contributed by atoms with E-state index in [4.69, 9.17) is 4.74 Å². The maximum absolute atomic E-state index is 12.2. The number of pyridine rings is 1. The van der Waals surface area contributed by atoms with Gasteiger partial charge in [-0.25, -0.2) is 4.98 Å². The SMILES string of the molecule is COc1nc(C)cc(C)c1CNCCC(=O)N1CCCC(C)C1. The van der Waals surface area contributed by atoms with E-state index in [1.54, 1.807) is 7.11 Å². The highest BCUT2D eigenvalue weighted by atomic mass is 16.5. The Labute approximate surface area is 139 Å². The van der Waals surface area contributed by atoms with Crippen molar-refractivity contribution in [2.45, 2.75) is 46.6 Å². The van der Waals surface area contributed by atoms with Gasteiger partial charge in [-0.2, -0.15) is 0 Å². The lowest BCUT2D eigenvalue weighted by atomic mass is 10.00. The summed E-state index contributed by atoms with van der Waals surface area (Å²) < 4.78 is 5.37. The van der Waals surface area contributed by atoms with Crippen molar-refractivity contribution in [3.05, 3.63) is 22.9 Å². The van der Waals surface area contributed by atoms with E-state index in [9.17, 15) is 4.79 Å². The van der Waals surface area contributed by atoms with Gasteiger partial charge in [0, 0.05) is 43.9 Å². The highest BCUT2D eigenvalue weighted by Gasteiger charge is 2.20. The fourth-order valence-corrected chi connectivity index (χ4v) is 3.20. The average molecular weight is 319 g/mol. The largest absolute Gasteiger partial charge is 0.481 e. The minimum absolute atomic E-state index is 0.259. The number of rotatable bonds is 6. The molecule has 0 saturated carbocycles. The topological polar surface area (TPSA) is 54.5 Å². The molecule has 128 valence electrons. The van der Waals surface area contributed by atoms with Crippen molar-refractivity contribution >= 4 is 5.91 Å². The molecule has 0 radical (unpaired) electrons. The van der Waals surface area contributed by atoms with Gasteiger partial charge in [0.15, 0.2) is 0 Å². The maximum atomic E-state index is 12.2. The number of piperidine rings is 1. The third kappa shape index (κ3) is 4.93. The van der Waals surface area contributed by atoms with Crippen LogP contribution in [0.3, 0.4) is 0 Å². The zero-order valence-electron chi connectivity index (χ0n) is 14.8. The summed E-state index contributed by atoms with van der Waals surface area (Å²) in [4.78, 5) is 18.7. The number of aromatic nitrogens is 1. The monoisotopic (exact) mass is 319 g/mol. The molecule has 2 heterocycles. The Morgan fingerprint density at radius 3 is 2.96 bits per heavy atom. The molecule has 0 spiro atoms. The number of carbonyl (C=O) groups excluding carboxylic acids is 1. The van der Waals surface area contributed by atoms with E-state index >= 15 is 0 Å². The Kier molecular flexibility index (Phi) is 6.39. The molecular formula is C18H29N3O2. The Morgan fingerprint density at radius 1 is 1.48 bits per heavy atom. The van der Waals surface area contributed by atoms with Gasteiger partial charge in [0.25, 0.3) is 0 Å². The molecule has 2 rings (SSSR count). The van der Waals surface area contributed by atoms with Crippen molar-refractivity contribution in [2.24, 2.45) is 5.92 Å². The standard InChI is InChI=1S/C18H29N3O2/c1-13-6-5-9-21(12-13)17(22)7-8-19-11-16-14(2)10-15(3)20-18(16)23-4/h10,13,19H,5-9,11-12H2,1-4H3. The van der Waals surface area contributed by atoms with Gasteiger partial charge in [-0.05, 0) is 44.2 Å². The molecule has 1 saturated heterocycles. The number of likely N-dealkylation sites (tertiary alicyclic amines) is 1. The molecule has 1 aromatic rings. The lowest BCUT2D eigenvalue weighted by Gasteiger charge is -2.31. The highest BCUT2D eigenvalue weighted by Crippen LogP contribution is 2.20. The summed E-state index contributed by atoms with van der Waals surface area (Å²) in [7, 11) is 1.64. The molecule has 1 N–H and O–H groups in total. The average Bonchev–Trinajstić information content (AvgIpc) is 2.52. The molecule has 1 aliphatic heterocycles. The van der Waals surface area contributed by atoms with Gasteiger partial charge >= 0.3 is 0 Å². The number of nitrogens with zero attached hydrogens (tertiary/aromatic N) is 2. The van der Waals surface area contributed by atoms with Gasteiger partial charge in [-0.3, -0.25) is 4.79 Å². The Balaban J connectivity index is 1.80. The molecule has 5 heteroatoms. The van der Waals surface area contributed by atoms with Gasteiger partial charge < -0.3 is 15.0 Å². The smallest absolute Gasteiger partial charge is 0.223 e. The van der Waals surface area contributed by atoms with E-state index in [1.807, 2.05) is 11.8 Å². The Bertz CT molecular complexity index is 545. The van der Waals surface area contributed by atoms with Crippen molar-refractivity contribution in [2.75, 3.05) is 26.7 Å². The van der Waals surface area contributed by atoms with E-state index in [0.29, 0.717) is 31.3 Å². The normalized spacial score (nSPS) is 18.1. The van der Waals surface area contributed by atoms with Crippen molar-refractivity contribution in [1.29, 1.82) is 0 Å². The molecule has 23 heavy (non-hydrogen) atoms. The molecule has 1 aliphatic rings. The first-order valence-corrected chi connectivity index (χ1v) is 8.51. The fourth-order valence-electron chi connectivity index (χ4n) is 3.20. The molecule has 1 unspecified atom stereocenters. The minimum Gasteiger partial charge on any atom is -0.481 e. The third-order valence-corrected chi connectivity index (χ3v) is 4.46. The molecule has 1 atom stereocenters. The zero-order chi connectivity index (χ0) is 16.8. The van der Waals surface area contributed by atoms with Crippen LogP contribution in [0.2, 0.25) is 0 Å². The second kappa shape index (κ2) is 8.29. The lowest BCUT2D eigenvalue weighted by molar-refractivity contribution is -0.132. The van der Waals surface area contributed by atoms with E-state index in [1.165, 1.54) is 6.42 Å². The Morgan fingerprint density at radius 2 is 2.26 bits per heavy atom. The van der Waals surface area contributed by atoms with Crippen LogP contribution < -0.4 is 10.1 Å². The first kappa shape index (κ1) is 17.7. The predicted octanol–water partition coefficient (Wildman–Crippen LogP) is 2.45. The summed E-state index contributed by atoms with van der Waals surface area (Å²) in [5, 5.41) is 3.35. The second-order valence-corrected chi connectivity index (χ2v) is 6.58. The number of hydrogen-bond acceptors (Lipinski definition) is 4. The first-order valence-electron chi connectivity index (χ1n) is 8.51. The number of carbonyl (C=O) groups is 1. The number of aryl methyl sites for hydroxylation is 2. The van der Waals surface area contributed by atoms with Crippen LogP contribution in [0.25, 0.3) is 0 Å². The van der Waals surface area contributed by atoms with Gasteiger partial charge in [-0.1, -0.05) is 6.92 Å². The summed E-state index contributed by atoms with van der Waals surface area (Å²) in [6.45, 7) is 9.43. The van der Waals surface area contributed by atoms with E-state index in [0.717, 1.165) is 36.3 Å².